The topological polar surface area (TPSA) is 73.6 Å². The molecule has 1 unspecified atom stereocenters. The Morgan fingerprint density at radius 1 is 1.47 bits per heavy atom. The molecule has 5 heteroatoms. The van der Waals surface area contributed by atoms with Gasteiger partial charge >= 0.3 is 0 Å². The Hall–Kier alpha value is -1.59. The first-order valence-corrected chi connectivity index (χ1v) is 6.65. The van der Waals surface area contributed by atoms with E-state index in [1.807, 2.05) is 18.2 Å². The van der Waals surface area contributed by atoms with E-state index in [1.165, 1.54) is 0 Å². The van der Waals surface area contributed by atoms with E-state index in [4.69, 9.17) is 15.2 Å². The number of nitrogens with two attached hydrogens (primary N) is 1. The van der Waals surface area contributed by atoms with Gasteiger partial charge in [-0.3, -0.25) is 4.79 Å². The Morgan fingerprint density at radius 3 is 3.11 bits per heavy atom. The lowest BCUT2D eigenvalue weighted by atomic mass is 10.1. The van der Waals surface area contributed by atoms with Gasteiger partial charge in [0.25, 0.3) is 5.91 Å². The van der Waals surface area contributed by atoms with Gasteiger partial charge < -0.3 is 20.5 Å². The lowest BCUT2D eigenvalue weighted by Gasteiger charge is -2.21. The third-order valence-corrected chi connectivity index (χ3v) is 2.96. The van der Waals surface area contributed by atoms with E-state index in [-0.39, 0.29) is 12.0 Å². The molecule has 0 aromatic heterocycles. The summed E-state index contributed by atoms with van der Waals surface area (Å²) >= 11 is 0. The fraction of sp³-hybridized carbons (Fsp3) is 0.500. The zero-order chi connectivity index (χ0) is 13.5. The first-order chi connectivity index (χ1) is 9.29. The number of carbonyl (C=O) groups excluding carboxylic acids is 1. The first kappa shape index (κ1) is 13.8. The van der Waals surface area contributed by atoms with Gasteiger partial charge in [0.2, 0.25) is 0 Å². The Kier molecular flexibility index (Phi) is 5.18. The highest BCUT2D eigenvalue weighted by atomic mass is 16.5. The summed E-state index contributed by atoms with van der Waals surface area (Å²) in [5, 5.41) is 2.85. The van der Waals surface area contributed by atoms with Crippen LogP contribution in [0.2, 0.25) is 0 Å². The third kappa shape index (κ3) is 4.22. The zero-order valence-corrected chi connectivity index (χ0v) is 10.9. The Bertz CT molecular complexity index is 417. The van der Waals surface area contributed by atoms with Crippen LogP contribution in [0.25, 0.3) is 0 Å². The van der Waals surface area contributed by atoms with Crippen molar-refractivity contribution in [2.75, 3.05) is 25.1 Å². The maximum absolute atomic E-state index is 12.0. The van der Waals surface area contributed by atoms with E-state index >= 15 is 0 Å². The highest BCUT2D eigenvalue weighted by Gasteiger charge is 2.21. The molecule has 1 atom stereocenters. The highest BCUT2D eigenvalue weighted by Crippen LogP contribution is 2.19. The predicted octanol–water partition coefficient (Wildman–Crippen LogP) is 1.53. The molecule has 1 aliphatic rings. The molecular formula is C14H20N2O3. The molecule has 1 fully saturated rings. The van der Waals surface area contributed by atoms with Crippen molar-refractivity contribution in [3.63, 3.8) is 0 Å². The van der Waals surface area contributed by atoms with E-state index in [1.54, 1.807) is 6.07 Å². The van der Waals surface area contributed by atoms with Crippen LogP contribution in [-0.2, 0) is 9.53 Å². The SMILES string of the molecule is NCCOc1cccc(NC(=O)C2CCCCO2)c1. The standard InChI is InChI=1S/C14H20N2O3/c15-7-9-18-12-5-3-4-11(10-12)16-14(17)13-6-1-2-8-19-13/h3-5,10,13H,1-2,6-9,15H2,(H,16,17). The van der Waals surface area contributed by atoms with Crippen LogP contribution in [0.3, 0.4) is 0 Å². The normalized spacial score (nSPS) is 18.9. The van der Waals surface area contributed by atoms with Crippen LogP contribution in [0.1, 0.15) is 19.3 Å². The minimum absolute atomic E-state index is 0.0873. The molecule has 1 aromatic rings. The number of carbonyl (C=O) groups is 1. The average molecular weight is 264 g/mol. The fourth-order valence-corrected chi connectivity index (χ4v) is 2.01. The smallest absolute Gasteiger partial charge is 0.253 e. The molecule has 0 radical (unpaired) electrons. The minimum Gasteiger partial charge on any atom is -0.492 e. The molecule has 1 saturated heterocycles. The molecule has 1 aromatic carbocycles. The number of amides is 1. The molecule has 19 heavy (non-hydrogen) atoms. The van der Waals surface area contributed by atoms with Gasteiger partial charge in [-0.1, -0.05) is 6.07 Å². The lowest BCUT2D eigenvalue weighted by Crippen LogP contribution is -2.33. The van der Waals surface area contributed by atoms with E-state index in [2.05, 4.69) is 5.32 Å². The van der Waals surface area contributed by atoms with Crippen LogP contribution < -0.4 is 15.8 Å². The molecule has 0 bridgehead atoms. The summed E-state index contributed by atoms with van der Waals surface area (Å²) in [4.78, 5) is 12.0. The number of anilines is 1. The van der Waals surface area contributed by atoms with Gasteiger partial charge in [-0.15, -0.1) is 0 Å². The molecule has 0 spiro atoms. The van der Waals surface area contributed by atoms with Crippen LogP contribution in [0, 0.1) is 0 Å². The van der Waals surface area contributed by atoms with E-state index in [0.717, 1.165) is 19.3 Å². The van der Waals surface area contributed by atoms with Crippen molar-refractivity contribution in [3.8, 4) is 5.75 Å². The minimum atomic E-state index is -0.331. The monoisotopic (exact) mass is 264 g/mol. The summed E-state index contributed by atoms with van der Waals surface area (Å²) in [6.07, 6.45) is 2.53. The maximum Gasteiger partial charge on any atom is 0.253 e. The number of ether oxygens (including phenoxy) is 2. The first-order valence-electron chi connectivity index (χ1n) is 6.65. The third-order valence-electron chi connectivity index (χ3n) is 2.96. The molecule has 2 rings (SSSR count). The van der Waals surface area contributed by atoms with Crippen molar-refractivity contribution in [1.29, 1.82) is 0 Å². The van der Waals surface area contributed by atoms with Crippen LogP contribution in [-0.4, -0.2) is 31.8 Å². The molecule has 1 amide bonds. The van der Waals surface area contributed by atoms with Crippen molar-refractivity contribution in [3.05, 3.63) is 24.3 Å². The van der Waals surface area contributed by atoms with E-state index < -0.39 is 0 Å². The zero-order valence-electron chi connectivity index (χ0n) is 10.9. The lowest BCUT2D eigenvalue weighted by molar-refractivity contribution is -0.129. The van der Waals surface area contributed by atoms with Crippen LogP contribution >= 0.6 is 0 Å². The van der Waals surface area contributed by atoms with Gasteiger partial charge in [-0.05, 0) is 31.4 Å². The molecule has 1 heterocycles. The molecule has 104 valence electrons. The maximum atomic E-state index is 12.0. The van der Waals surface area contributed by atoms with E-state index in [0.29, 0.717) is 31.2 Å². The second-order valence-electron chi connectivity index (χ2n) is 4.51. The van der Waals surface area contributed by atoms with Crippen molar-refractivity contribution in [1.82, 2.24) is 0 Å². The van der Waals surface area contributed by atoms with Gasteiger partial charge in [0.15, 0.2) is 0 Å². The van der Waals surface area contributed by atoms with Gasteiger partial charge in [-0.2, -0.15) is 0 Å². The fourth-order valence-electron chi connectivity index (χ4n) is 2.01. The second-order valence-corrected chi connectivity index (χ2v) is 4.51. The van der Waals surface area contributed by atoms with Crippen molar-refractivity contribution in [2.45, 2.75) is 25.4 Å². The summed E-state index contributed by atoms with van der Waals surface area (Å²) in [5.41, 5.74) is 6.10. The van der Waals surface area contributed by atoms with Crippen LogP contribution in [0.4, 0.5) is 5.69 Å². The van der Waals surface area contributed by atoms with Gasteiger partial charge in [-0.25, -0.2) is 0 Å². The van der Waals surface area contributed by atoms with Crippen molar-refractivity contribution >= 4 is 11.6 Å². The Morgan fingerprint density at radius 2 is 2.37 bits per heavy atom. The molecule has 0 saturated carbocycles. The molecular weight excluding hydrogens is 244 g/mol. The van der Waals surface area contributed by atoms with Crippen molar-refractivity contribution < 1.29 is 14.3 Å². The number of nitrogens with one attached hydrogen (secondary N) is 1. The molecule has 3 N–H and O–H groups in total. The van der Waals surface area contributed by atoms with Gasteiger partial charge in [0.05, 0.1) is 0 Å². The highest BCUT2D eigenvalue weighted by molar-refractivity contribution is 5.94. The molecule has 5 nitrogen and oxygen atoms in total. The summed E-state index contributed by atoms with van der Waals surface area (Å²) in [7, 11) is 0. The molecule has 0 aliphatic carbocycles. The van der Waals surface area contributed by atoms with E-state index in [9.17, 15) is 4.79 Å². The van der Waals surface area contributed by atoms with Crippen LogP contribution in [0.5, 0.6) is 5.75 Å². The Balaban J connectivity index is 1.92. The number of rotatable bonds is 5. The summed E-state index contributed by atoms with van der Waals surface area (Å²) < 4.78 is 10.9. The number of hydrogen-bond acceptors (Lipinski definition) is 4. The summed E-state index contributed by atoms with van der Waals surface area (Å²) in [6.45, 7) is 1.59. The van der Waals surface area contributed by atoms with Gasteiger partial charge in [0, 0.05) is 24.9 Å². The summed E-state index contributed by atoms with van der Waals surface area (Å²) in [6, 6.07) is 7.29. The number of hydrogen-bond donors (Lipinski definition) is 2. The van der Waals surface area contributed by atoms with Crippen molar-refractivity contribution in [2.24, 2.45) is 5.73 Å². The summed E-state index contributed by atoms with van der Waals surface area (Å²) in [5.74, 6) is 0.614. The predicted molar refractivity (Wildman–Crippen MR) is 73.2 cm³/mol. The van der Waals surface area contributed by atoms with Gasteiger partial charge in [0.1, 0.15) is 18.5 Å². The quantitative estimate of drug-likeness (QED) is 0.846. The van der Waals surface area contributed by atoms with Crippen LogP contribution in [0.15, 0.2) is 24.3 Å². The largest absolute Gasteiger partial charge is 0.492 e. The Labute approximate surface area is 113 Å². The molecule has 1 aliphatic heterocycles. The number of benzene rings is 1. The second kappa shape index (κ2) is 7.11. The average Bonchev–Trinajstić information content (AvgIpc) is 2.46.